The molecule has 5 atom stereocenters. The molecule has 0 aromatic carbocycles. The Morgan fingerprint density at radius 2 is 1.15 bits per heavy atom. The number of hydrogen-bond donors (Lipinski definition) is 5. The summed E-state index contributed by atoms with van der Waals surface area (Å²) in [6.07, 6.45) is 5.35. The summed E-state index contributed by atoms with van der Waals surface area (Å²) in [7, 11) is 1.43. The predicted molar refractivity (Wildman–Crippen MR) is 102 cm³/mol. The van der Waals surface area contributed by atoms with E-state index in [0.717, 1.165) is 19.3 Å². The standard InChI is InChI=1S/C19H41NO6/c1-3-4-5-6-7-8-9-10-11-12-13-20(2,26)14-16(22)18(24)19(25)17(23)15-21/h16-19,21-25H,3-15H2,1-2H3/t16-,17+,18+,19+,20?/m0/s1. The van der Waals surface area contributed by atoms with E-state index in [9.17, 15) is 25.6 Å². The highest BCUT2D eigenvalue weighted by Gasteiger charge is 2.32. The van der Waals surface area contributed by atoms with Crippen molar-refractivity contribution in [1.29, 1.82) is 0 Å². The highest BCUT2D eigenvalue weighted by atomic mass is 16.5. The molecule has 26 heavy (non-hydrogen) atoms. The van der Waals surface area contributed by atoms with Crippen molar-refractivity contribution in [3.8, 4) is 0 Å². The minimum Gasteiger partial charge on any atom is -0.633 e. The van der Waals surface area contributed by atoms with Gasteiger partial charge in [-0.1, -0.05) is 58.3 Å². The Bertz CT molecular complexity index is 329. The van der Waals surface area contributed by atoms with Gasteiger partial charge < -0.3 is 35.4 Å². The van der Waals surface area contributed by atoms with E-state index in [2.05, 4.69) is 6.92 Å². The van der Waals surface area contributed by atoms with Crippen LogP contribution in [0.15, 0.2) is 0 Å². The fraction of sp³-hybridized carbons (Fsp3) is 1.00. The molecule has 0 amide bonds. The Morgan fingerprint density at radius 1 is 0.731 bits per heavy atom. The second kappa shape index (κ2) is 14.7. The van der Waals surface area contributed by atoms with Crippen LogP contribution < -0.4 is 0 Å². The molecule has 0 heterocycles. The average Bonchev–Trinajstić information content (AvgIpc) is 2.60. The van der Waals surface area contributed by atoms with E-state index >= 15 is 0 Å². The zero-order chi connectivity index (χ0) is 20.0. The zero-order valence-corrected chi connectivity index (χ0v) is 16.6. The van der Waals surface area contributed by atoms with Crippen LogP contribution in [0.3, 0.4) is 0 Å². The normalized spacial score (nSPS) is 18.9. The predicted octanol–water partition coefficient (Wildman–Crippen LogP) is 1.29. The van der Waals surface area contributed by atoms with Gasteiger partial charge >= 0.3 is 0 Å². The van der Waals surface area contributed by atoms with Crippen LogP contribution in [0, 0.1) is 5.21 Å². The van der Waals surface area contributed by atoms with Gasteiger partial charge in [0, 0.05) is 0 Å². The quantitative estimate of drug-likeness (QED) is 0.147. The third-order valence-corrected chi connectivity index (χ3v) is 4.88. The first-order chi connectivity index (χ1) is 12.2. The molecule has 0 aliphatic heterocycles. The van der Waals surface area contributed by atoms with Crippen molar-refractivity contribution in [2.75, 3.05) is 26.7 Å². The van der Waals surface area contributed by atoms with E-state index < -0.39 is 35.7 Å². The molecule has 7 nitrogen and oxygen atoms in total. The van der Waals surface area contributed by atoms with E-state index in [-0.39, 0.29) is 6.54 Å². The van der Waals surface area contributed by atoms with Crippen molar-refractivity contribution in [3.05, 3.63) is 5.21 Å². The molecular weight excluding hydrogens is 338 g/mol. The summed E-state index contributed by atoms with van der Waals surface area (Å²) in [5.74, 6) is 0. The second-order valence-corrected chi connectivity index (χ2v) is 7.68. The van der Waals surface area contributed by atoms with Gasteiger partial charge in [-0.15, -0.1) is 0 Å². The first-order valence-corrected chi connectivity index (χ1v) is 10.1. The molecular formula is C19H41NO6. The smallest absolute Gasteiger partial charge is 0.132 e. The van der Waals surface area contributed by atoms with Gasteiger partial charge in [-0.3, -0.25) is 0 Å². The maximum Gasteiger partial charge on any atom is 0.132 e. The van der Waals surface area contributed by atoms with Gasteiger partial charge in [-0.05, 0) is 12.8 Å². The minimum atomic E-state index is -1.69. The van der Waals surface area contributed by atoms with Crippen molar-refractivity contribution in [3.63, 3.8) is 0 Å². The Labute approximate surface area is 158 Å². The van der Waals surface area contributed by atoms with Crippen molar-refractivity contribution >= 4 is 0 Å². The number of quaternary nitrogens is 1. The summed E-state index contributed by atoms with van der Waals surface area (Å²) < 4.78 is -0.711. The van der Waals surface area contributed by atoms with Gasteiger partial charge in [0.05, 0.1) is 20.2 Å². The number of nitrogens with zero attached hydrogens (tertiary/aromatic N) is 1. The number of aliphatic hydroxyl groups is 5. The van der Waals surface area contributed by atoms with E-state index in [4.69, 9.17) is 5.11 Å². The second-order valence-electron chi connectivity index (χ2n) is 7.68. The molecule has 0 aliphatic carbocycles. The van der Waals surface area contributed by atoms with Gasteiger partial charge in [-0.2, -0.15) is 0 Å². The van der Waals surface area contributed by atoms with Gasteiger partial charge in [0.2, 0.25) is 0 Å². The fourth-order valence-corrected chi connectivity index (χ4v) is 3.09. The molecule has 0 aliphatic rings. The number of likely N-dealkylation sites (N-methyl/N-ethyl adjacent to an activating group) is 1. The highest BCUT2D eigenvalue weighted by molar-refractivity contribution is 4.80. The van der Waals surface area contributed by atoms with Crippen LogP contribution in [0.1, 0.15) is 71.1 Å². The summed E-state index contributed by atoms with van der Waals surface area (Å²) in [5, 5.41) is 59.7. The van der Waals surface area contributed by atoms with E-state index in [1.54, 1.807) is 0 Å². The van der Waals surface area contributed by atoms with Gasteiger partial charge in [0.1, 0.15) is 31.0 Å². The Morgan fingerprint density at radius 3 is 1.62 bits per heavy atom. The maximum atomic E-state index is 12.4. The third-order valence-electron chi connectivity index (χ3n) is 4.88. The summed E-state index contributed by atoms with van der Waals surface area (Å²) in [4.78, 5) is 0. The monoisotopic (exact) mass is 379 g/mol. The molecule has 5 N–H and O–H groups in total. The molecule has 0 rings (SSSR count). The van der Waals surface area contributed by atoms with E-state index in [1.165, 1.54) is 52.0 Å². The van der Waals surface area contributed by atoms with Crippen molar-refractivity contribution in [2.24, 2.45) is 0 Å². The third kappa shape index (κ3) is 12.2. The molecule has 0 saturated heterocycles. The first-order valence-electron chi connectivity index (χ1n) is 10.1. The summed E-state index contributed by atoms with van der Waals surface area (Å²) in [5.41, 5.74) is 0. The molecule has 0 saturated carbocycles. The maximum absolute atomic E-state index is 12.4. The van der Waals surface area contributed by atoms with Crippen LogP contribution in [0.4, 0.5) is 0 Å². The van der Waals surface area contributed by atoms with Crippen LogP contribution in [0.5, 0.6) is 0 Å². The molecule has 0 bridgehead atoms. The van der Waals surface area contributed by atoms with Crippen molar-refractivity contribution < 1.29 is 30.2 Å². The van der Waals surface area contributed by atoms with Crippen molar-refractivity contribution in [2.45, 2.75) is 95.5 Å². The summed E-state index contributed by atoms with van der Waals surface area (Å²) in [6, 6.07) is 0. The molecule has 158 valence electrons. The molecule has 0 spiro atoms. The van der Waals surface area contributed by atoms with Crippen LogP contribution >= 0.6 is 0 Å². The van der Waals surface area contributed by atoms with Crippen LogP contribution in [0.2, 0.25) is 0 Å². The number of hydrogen-bond acceptors (Lipinski definition) is 6. The molecule has 0 aromatic rings. The number of aliphatic hydroxyl groups excluding tert-OH is 5. The van der Waals surface area contributed by atoms with Crippen LogP contribution in [0.25, 0.3) is 0 Å². The molecule has 1 unspecified atom stereocenters. The lowest BCUT2D eigenvalue weighted by Gasteiger charge is -2.41. The molecule has 7 heteroatoms. The van der Waals surface area contributed by atoms with Crippen LogP contribution in [-0.4, -0.2) is 81.3 Å². The fourth-order valence-electron chi connectivity index (χ4n) is 3.09. The highest BCUT2D eigenvalue weighted by Crippen LogP contribution is 2.14. The lowest BCUT2D eigenvalue weighted by Crippen LogP contribution is -2.53. The SMILES string of the molecule is CCCCCCCCCCCC[N+](C)([O-])C[C@H](O)[C@@H](O)[C@H](O)[C@H](O)CO. The minimum absolute atomic E-state index is 0.270. The van der Waals surface area contributed by atoms with Gasteiger partial charge in [-0.25, -0.2) is 0 Å². The van der Waals surface area contributed by atoms with E-state index in [1.807, 2.05) is 0 Å². The summed E-state index contributed by atoms with van der Waals surface area (Å²) >= 11 is 0. The number of hydroxylamine groups is 3. The zero-order valence-electron chi connectivity index (χ0n) is 16.6. The van der Waals surface area contributed by atoms with Crippen LogP contribution in [-0.2, 0) is 0 Å². The lowest BCUT2D eigenvalue weighted by atomic mass is 10.0. The molecule has 0 radical (unpaired) electrons. The van der Waals surface area contributed by atoms with Gasteiger partial charge in [0.15, 0.2) is 0 Å². The molecule has 0 fully saturated rings. The Hall–Kier alpha value is -0.280. The lowest BCUT2D eigenvalue weighted by molar-refractivity contribution is -0.864. The summed E-state index contributed by atoms with van der Waals surface area (Å²) in [6.45, 7) is 1.54. The average molecular weight is 380 g/mol. The molecule has 0 aromatic heterocycles. The van der Waals surface area contributed by atoms with E-state index in [0.29, 0.717) is 6.54 Å². The van der Waals surface area contributed by atoms with Gasteiger partial charge in [0.25, 0.3) is 0 Å². The van der Waals surface area contributed by atoms with Crippen molar-refractivity contribution in [1.82, 2.24) is 0 Å². The Balaban J connectivity index is 3.86. The first kappa shape index (κ1) is 25.7. The number of unbranched alkanes of at least 4 members (excludes halogenated alkanes) is 9. The number of rotatable bonds is 17. The topological polar surface area (TPSA) is 124 Å². The largest absolute Gasteiger partial charge is 0.633 e. The Kier molecular flexibility index (Phi) is 14.6.